The molecule has 1 N–H and O–H groups in total. The number of hydrogen-bond donors (Lipinski definition) is 1. The maximum Gasteiger partial charge on any atom is 0.243 e. The van der Waals surface area contributed by atoms with Crippen molar-refractivity contribution >= 4 is 23.4 Å². The summed E-state index contributed by atoms with van der Waals surface area (Å²) in [4.78, 5) is 28.0. The zero-order valence-electron chi connectivity index (χ0n) is 17.7. The number of nitrogens with zero attached hydrogens (tertiary/aromatic N) is 1. The average Bonchev–Trinajstić information content (AvgIpc) is 2.69. The lowest BCUT2D eigenvalue weighted by molar-refractivity contribution is -0.141. The van der Waals surface area contributed by atoms with E-state index in [0.717, 1.165) is 23.1 Å². The van der Waals surface area contributed by atoms with E-state index in [-0.39, 0.29) is 24.3 Å². The van der Waals surface area contributed by atoms with Gasteiger partial charge in [0, 0.05) is 17.6 Å². The van der Waals surface area contributed by atoms with E-state index in [1.807, 2.05) is 64.1 Å². The molecule has 0 bridgehead atoms. The number of halogens is 1. The van der Waals surface area contributed by atoms with Gasteiger partial charge in [-0.3, -0.25) is 9.59 Å². The van der Waals surface area contributed by atoms with Gasteiger partial charge in [-0.25, -0.2) is 0 Å². The summed E-state index contributed by atoms with van der Waals surface area (Å²) in [5.41, 5.74) is 2.99. The molecule has 0 heterocycles. The van der Waals surface area contributed by atoms with Gasteiger partial charge in [0.15, 0.2) is 0 Å². The van der Waals surface area contributed by atoms with Crippen molar-refractivity contribution in [3.05, 3.63) is 70.2 Å². The largest absolute Gasteiger partial charge is 0.352 e. The summed E-state index contributed by atoms with van der Waals surface area (Å²) in [6.07, 6.45) is 1.60. The molecular formula is C24H31ClN2O2. The molecule has 0 fully saturated rings. The zero-order chi connectivity index (χ0) is 21.4. The van der Waals surface area contributed by atoms with Crippen LogP contribution in [0.5, 0.6) is 0 Å². The molecule has 0 spiro atoms. The molecule has 29 heavy (non-hydrogen) atoms. The summed E-state index contributed by atoms with van der Waals surface area (Å²) in [6, 6.07) is 14.8. The van der Waals surface area contributed by atoms with Crippen LogP contribution in [0.1, 0.15) is 50.3 Å². The van der Waals surface area contributed by atoms with Gasteiger partial charge in [0.2, 0.25) is 11.8 Å². The minimum Gasteiger partial charge on any atom is -0.352 e. The van der Waals surface area contributed by atoms with Gasteiger partial charge < -0.3 is 10.2 Å². The van der Waals surface area contributed by atoms with Crippen LogP contribution in [0.3, 0.4) is 0 Å². The Labute approximate surface area is 179 Å². The summed E-state index contributed by atoms with van der Waals surface area (Å²) in [5, 5.41) is 3.63. The fourth-order valence-corrected chi connectivity index (χ4v) is 3.47. The highest BCUT2D eigenvalue weighted by atomic mass is 35.5. The molecule has 2 aromatic carbocycles. The Morgan fingerprint density at radius 1 is 1.07 bits per heavy atom. The van der Waals surface area contributed by atoms with E-state index in [2.05, 4.69) is 5.32 Å². The Balaban J connectivity index is 2.31. The van der Waals surface area contributed by atoms with Crippen LogP contribution in [0.2, 0.25) is 5.02 Å². The molecule has 0 radical (unpaired) electrons. The molecule has 2 atom stereocenters. The highest BCUT2D eigenvalue weighted by Crippen LogP contribution is 2.18. The highest BCUT2D eigenvalue weighted by molar-refractivity contribution is 6.30. The smallest absolute Gasteiger partial charge is 0.243 e. The second-order valence-corrected chi connectivity index (χ2v) is 7.93. The van der Waals surface area contributed by atoms with Crippen molar-refractivity contribution in [1.29, 1.82) is 0 Å². The van der Waals surface area contributed by atoms with E-state index >= 15 is 0 Å². The molecule has 0 saturated carbocycles. The van der Waals surface area contributed by atoms with Crippen molar-refractivity contribution in [3.63, 3.8) is 0 Å². The quantitative estimate of drug-likeness (QED) is 0.633. The highest BCUT2D eigenvalue weighted by Gasteiger charge is 2.29. The molecule has 0 aliphatic heterocycles. The van der Waals surface area contributed by atoms with Crippen LogP contribution in [-0.2, 0) is 22.6 Å². The second-order valence-electron chi connectivity index (χ2n) is 7.50. The van der Waals surface area contributed by atoms with Crippen LogP contribution in [0.15, 0.2) is 48.5 Å². The first kappa shape index (κ1) is 23.0. The third-order valence-electron chi connectivity index (χ3n) is 5.23. The molecule has 0 aromatic heterocycles. The average molecular weight is 415 g/mol. The lowest BCUT2D eigenvalue weighted by Gasteiger charge is -2.32. The van der Waals surface area contributed by atoms with Crippen molar-refractivity contribution in [3.8, 4) is 0 Å². The van der Waals surface area contributed by atoms with Crippen LogP contribution in [0.4, 0.5) is 0 Å². The number of aryl methyl sites for hydroxylation is 1. The molecule has 0 aliphatic carbocycles. The van der Waals surface area contributed by atoms with Crippen LogP contribution in [0.25, 0.3) is 0 Å². The Kier molecular flexibility index (Phi) is 8.71. The van der Waals surface area contributed by atoms with Gasteiger partial charge in [0.25, 0.3) is 0 Å². The molecule has 0 aliphatic rings. The Bertz CT molecular complexity index is 837. The first-order chi connectivity index (χ1) is 13.8. The standard InChI is InChI=1S/C24H31ClN2O2/c1-5-18(4)26-24(29)22(6-2)27(16-20-12-8-7-10-17(20)3)23(28)15-19-11-9-13-21(25)14-19/h7-14,18,22H,5-6,15-16H2,1-4H3,(H,26,29). The third-order valence-corrected chi connectivity index (χ3v) is 5.47. The number of amides is 2. The Morgan fingerprint density at radius 3 is 2.41 bits per heavy atom. The summed E-state index contributed by atoms with van der Waals surface area (Å²) >= 11 is 6.08. The van der Waals surface area contributed by atoms with E-state index in [1.54, 1.807) is 17.0 Å². The van der Waals surface area contributed by atoms with Crippen LogP contribution in [0, 0.1) is 6.92 Å². The fraction of sp³-hybridized carbons (Fsp3) is 0.417. The second kappa shape index (κ2) is 11.0. The lowest BCUT2D eigenvalue weighted by atomic mass is 10.0. The van der Waals surface area contributed by atoms with Crippen LogP contribution < -0.4 is 5.32 Å². The SMILES string of the molecule is CCC(C)NC(=O)C(CC)N(Cc1ccccc1C)C(=O)Cc1cccc(Cl)c1. The van der Waals surface area contributed by atoms with E-state index in [0.29, 0.717) is 18.0 Å². The van der Waals surface area contributed by atoms with Crippen molar-refractivity contribution in [2.24, 2.45) is 0 Å². The van der Waals surface area contributed by atoms with Gasteiger partial charge in [-0.2, -0.15) is 0 Å². The summed E-state index contributed by atoms with van der Waals surface area (Å²) < 4.78 is 0. The molecule has 0 saturated heterocycles. The van der Waals surface area contributed by atoms with Crippen LogP contribution in [-0.4, -0.2) is 28.8 Å². The van der Waals surface area contributed by atoms with E-state index in [1.165, 1.54) is 0 Å². The van der Waals surface area contributed by atoms with Crippen molar-refractivity contribution in [1.82, 2.24) is 10.2 Å². The first-order valence-corrected chi connectivity index (χ1v) is 10.6. The summed E-state index contributed by atoms with van der Waals surface area (Å²) in [6.45, 7) is 8.37. The van der Waals surface area contributed by atoms with Gasteiger partial charge >= 0.3 is 0 Å². The maximum absolute atomic E-state index is 13.3. The molecule has 2 amide bonds. The number of benzene rings is 2. The van der Waals surface area contributed by atoms with Crippen molar-refractivity contribution in [2.75, 3.05) is 0 Å². The predicted octanol–water partition coefficient (Wildman–Crippen LogP) is 4.91. The van der Waals surface area contributed by atoms with E-state index in [4.69, 9.17) is 11.6 Å². The number of nitrogens with one attached hydrogen (secondary N) is 1. The summed E-state index contributed by atoms with van der Waals surface area (Å²) in [7, 11) is 0. The molecule has 2 rings (SSSR count). The molecular weight excluding hydrogens is 384 g/mol. The Morgan fingerprint density at radius 2 is 1.79 bits per heavy atom. The molecule has 5 heteroatoms. The van der Waals surface area contributed by atoms with Gasteiger partial charge in [-0.05, 0) is 55.5 Å². The molecule has 2 unspecified atom stereocenters. The van der Waals surface area contributed by atoms with Crippen molar-refractivity contribution < 1.29 is 9.59 Å². The topological polar surface area (TPSA) is 49.4 Å². The summed E-state index contributed by atoms with van der Waals surface area (Å²) in [5.74, 6) is -0.184. The number of hydrogen-bond acceptors (Lipinski definition) is 2. The zero-order valence-corrected chi connectivity index (χ0v) is 18.5. The van der Waals surface area contributed by atoms with E-state index < -0.39 is 6.04 Å². The Hall–Kier alpha value is -2.33. The third kappa shape index (κ3) is 6.60. The minimum atomic E-state index is -0.518. The number of carbonyl (C=O) groups excluding carboxylic acids is 2. The van der Waals surface area contributed by atoms with Crippen molar-refractivity contribution in [2.45, 2.75) is 65.6 Å². The van der Waals surface area contributed by atoms with Gasteiger partial charge in [0.05, 0.1) is 6.42 Å². The number of carbonyl (C=O) groups is 2. The maximum atomic E-state index is 13.3. The first-order valence-electron chi connectivity index (χ1n) is 10.2. The van der Waals surface area contributed by atoms with E-state index in [9.17, 15) is 9.59 Å². The monoisotopic (exact) mass is 414 g/mol. The van der Waals surface area contributed by atoms with Crippen LogP contribution >= 0.6 is 11.6 Å². The minimum absolute atomic E-state index is 0.0693. The lowest BCUT2D eigenvalue weighted by Crippen LogP contribution is -2.51. The fourth-order valence-electron chi connectivity index (χ4n) is 3.25. The van der Waals surface area contributed by atoms with Gasteiger partial charge in [-0.15, -0.1) is 0 Å². The normalized spacial score (nSPS) is 12.9. The number of rotatable bonds is 9. The molecule has 4 nitrogen and oxygen atoms in total. The predicted molar refractivity (Wildman–Crippen MR) is 119 cm³/mol. The molecule has 156 valence electrons. The van der Waals surface area contributed by atoms with Gasteiger partial charge in [-0.1, -0.05) is 61.8 Å². The van der Waals surface area contributed by atoms with Gasteiger partial charge in [0.1, 0.15) is 6.04 Å². The molecule has 2 aromatic rings.